The Bertz CT molecular complexity index is 447. The summed E-state index contributed by atoms with van der Waals surface area (Å²) in [5.41, 5.74) is 0.927. The Kier molecular flexibility index (Phi) is 2.94. The standard InChI is InChI=1S/C11H10ClNO3/c12-5-7(14)6-13-9-4-2-1-3-8(9)10(15)11(13)16/h1-4,7,14H,5-6H2. The molecule has 0 aromatic heterocycles. The Morgan fingerprint density at radius 2 is 2.00 bits per heavy atom. The molecule has 4 nitrogen and oxygen atoms in total. The van der Waals surface area contributed by atoms with Crippen LogP contribution in [-0.4, -0.2) is 35.3 Å². The number of aliphatic hydroxyl groups excluding tert-OH is 1. The topological polar surface area (TPSA) is 57.6 Å². The summed E-state index contributed by atoms with van der Waals surface area (Å²) in [5.74, 6) is -1.11. The number of alkyl halides is 1. The zero-order valence-corrected chi connectivity index (χ0v) is 9.15. The Morgan fingerprint density at radius 1 is 1.31 bits per heavy atom. The number of Topliss-reactive ketones (excluding diaryl/α,β-unsaturated/α-hetero) is 1. The van der Waals surface area contributed by atoms with Crippen LogP contribution in [0.5, 0.6) is 0 Å². The van der Waals surface area contributed by atoms with Crippen molar-refractivity contribution in [1.29, 1.82) is 0 Å². The molecule has 0 spiro atoms. The molecule has 1 aromatic rings. The lowest BCUT2D eigenvalue weighted by Crippen LogP contribution is -2.37. The second-order valence-electron chi connectivity index (χ2n) is 3.57. The highest BCUT2D eigenvalue weighted by Crippen LogP contribution is 2.28. The molecule has 1 aromatic carbocycles. The molecule has 1 atom stereocenters. The molecule has 1 amide bonds. The van der Waals surface area contributed by atoms with Crippen molar-refractivity contribution in [1.82, 2.24) is 0 Å². The molecule has 1 heterocycles. The van der Waals surface area contributed by atoms with Gasteiger partial charge in [0, 0.05) is 0 Å². The quantitative estimate of drug-likeness (QED) is 0.628. The molecule has 1 unspecified atom stereocenters. The number of hydrogen-bond donors (Lipinski definition) is 1. The first kappa shape index (κ1) is 11.1. The average Bonchev–Trinajstić information content (AvgIpc) is 2.55. The lowest BCUT2D eigenvalue weighted by atomic mass is 10.1. The van der Waals surface area contributed by atoms with Crippen LogP contribution < -0.4 is 4.90 Å². The summed E-state index contributed by atoms with van der Waals surface area (Å²) in [6.07, 6.45) is -0.829. The second kappa shape index (κ2) is 4.23. The maximum Gasteiger partial charge on any atom is 0.299 e. The molecule has 1 aliphatic heterocycles. The van der Waals surface area contributed by atoms with E-state index in [1.807, 2.05) is 0 Å². The number of ketones is 1. The van der Waals surface area contributed by atoms with Crippen molar-refractivity contribution in [2.45, 2.75) is 6.10 Å². The van der Waals surface area contributed by atoms with Gasteiger partial charge < -0.3 is 10.0 Å². The molecule has 1 N–H and O–H groups in total. The van der Waals surface area contributed by atoms with Gasteiger partial charge in [-0.2, -0.15) is 0 Å². The highest BCUT2D eigenvalue weighted by molar-refractivity contribution is 6.52. The molecule has 0 saturated heterocycles. The number of β-amino-alcohol motifs (C(OH)–C–C–N with tert-alkyl or cyclic N) is 1. The molecule has 0 bridgehead atoms. The van der Waals surface area contributed by atoms with Gasteiger partial charge in [-0.15, -0.1) is 11.6 Å². The number of carbonyl (C=O) groups is 2. The Morgan fingerprint density at radius 3 is 2.69 bits per heavy atom. The van der Waals surface area contributed by atoms with Crippen molar-refractivity contribution in [2.24, 2.45) is 0 Å². The van der Waals surface area contributed by atoms with E-state index in [1.165, 1.54) is 4.90 Å². The van der Waals surface area contributed by atoms with E-state index >= 15 is 0 Å². The highest BCUT2D eigenvalue weighted by atomic mass is 35.5. The first-order chi connectivity index (χ1) is 7.65. The zero-order chi connectivity index (χ0) is 11.7. The van der Waals surface area contributed by atoms with Gasteiger partial charge in [0.15, 0.2) is 0 Å². The van der Waals surface area contributed by atoms with Crippen molar-refractivity contribution in [3.05, 3.63) is 29.8 Å². The predicted octanol–water partition coefficient (Wildman–Crippen LogP) is 0.816. The van der Waals surface area contributed by atoms with Crippen LogP contribution in [0.1, 0.15) is 10.4 Å². The van der Waals surface area contributed by atoms with Gasteiger partial charge >= 0.3 is 0 Å². The number of para-hydroxylation sites is 1. The van der Waals surface area contributed by atoms with E-state index < -0.39 is 17.8 Å². The third-order valence-electron chi connectivity index (χ3n) is 2.45. The van der Waals surface area contributed by atoms with Crippen LogP contribution in [0.2, 0.25) is 0 Å². The van der Waals surface area contributed by atoms with Gasteiger partial charge in [0.25, 0.3) is 11.7 Å². The number of hydrogen-bond acceptors (Lipinski definition) is 3. The van der Waals surface area contributed by atoms with Crippen molar-refractivity contribution in [3.63, 3.8) is 0 Å². The molecular formula is C11H10ClNO3. The SMILES string of the molecule is O=C1C(=O)N(CC(O)CCl)c2ccccc21. The van der Waals surface area contributed by atoms with E-state index in [4.69, 9.17) is 11.6 Å². The van der Waals surface area contributed by atoms with Crippen LogP contribution in [0.4, 0.5) is 5.69 Å². The predicted molar refractivity (Wildman–Crippen MR) is 59.9 cm³/mol. The minimum absolute atomic E-state index is 0.0279. The minimum Gasteiger partial charge on any atom is -0.390 e. The van der Waals surface area contributed by atoms with Gasteiger partial charge in [-0.05, 0) is 12.1 Å². The average molecular weight is 240 g/mol. The van der Waals surface area contributed by atoms with Gasteiger partial charge in [-0.3, -0.25) is 9.59 Å². The molecule has 84 valence electrons. The Hall–Kier alpha value is -1.39. The molecule has 16 heavy (non-hydrogen) atoms. The van der Waals surface area contributed by atoms with E-state index in [9.17, 15) is 14.7 Å². The summed E-state index contributed by atoms with van der Waals surface area (Å²) in [7, 11) is 0. The summed E-state index contributed by atoms with van der Waals surface area (Å²) >= 11 is 5.47. The molecule has 2 rings (SSSR count). The summed E-state index contributed by atoms with van der Waals surface area (Å²) in [6, 6.07) is 6.72. The summed E-state index contributed by atoms with van der Waals surface area (Å²) < 4.78 is 0. The number of amides is 1. The van der Waals surface area contributed by atoms with Crippen LogP contribution in [-0.2, 0) is 4.79 Å². The number of benzene rings is 1. The number of nitrogens with zero attached hydrogens (tertiary/aromatic N) is 1. The van der Waals surface area contributed by atoms with Crippen LogP contribution in [0.3, 0.4) is 0 Å². The van der Waals surface area contributed by atoms with Gasteiger partial charge in [0.2, 0.25) is 0 Å². The summed E-state index contributed by atoms with van der Waals surface area (Å²) in [6.45, 7) is 0.0467. The number of aliphatic hydroxyl groups is 1. The maximum absolute atomic E-state index is 11.6. The number of anilines is 1. The molecule has 0 fully saturated rings. The van der Waals surface area contributed by atoms with Crippen molar-refractivity contribution >= 4 is 29.0 Å². The lowest BCUT2D eigenvalue weighted by molar-refractivity contribution is -0.114. The molecule has 0 radical (unpaired) electrons. The Labute approximate surface area is 97.4 Å². The van der Waals surface area contributed by atoms with E-state index in [2.05, 4.69) is 0 Å². The number of carbonyl (C=O) groups excluding carboxylic acids is 2. The maximum atomic E-state index is 11.6. The highest BCUT2D eigenvalue weighted by Gasteiger charge is 2.35. The first-order valence-corrected chi connectivity index (χ1v) is 5.38. The van der Waals surface area contributed by atoms with Crippen molar-refractivity contribution in [2.75, 3.05) is 17.3 Å². The molecule has 1 aliphatic rings. The summed E-state index contributed by atoms with van der Waals surface area (Å²) in [5, 5.41) is 9.41. The third-order valence-corrected chi connectivity index (χ3v) is 2.81. The number of halogens is 1. The summed E-state index contributed by atoms with van der Waals surface area (Å²) in [4.78, 5) is 24.5. The van der Waals surface area contributed by atoms with Crippen LogP contribution in [0.15, 0.2) is 24.3 Å². The molecule has 0 aliphatic carbocycles. The monoisotopic (exact) mass is 239 g/mol. The fourth-order valence-corrected chi connectivity index (χ4v) is 1.79. The van der Waals surface area contributed by atoms with Crippen LogP contribution in [0, 0.1) is 0 Å². The molecule has 5 heteroatoms. The second-order valence-corrected chi connectivity index (χ2v) is 3.88. The van der Waals surface area contributed by atoms with Gasteiger partial charge in [-0.1, -0.05) is 12.1 Å². The third kappa shape index (κ3) is 1.70. The number of rotatable bonds is 3. The van der Waals surface area contributed by atoms with E-state index in [1.54, 1.807) is 24.3 Å². The van der Waals surface area contributed by atoms with Gasteiger partial charge in [0.1, 0.15) is 0 Å². The largest absolute Gasteiger partial charge is 0.390 e. The van der Waals surface area contributed by atoms with Gasteiger partial charge in [0.05, 0.1) is 29.8 Å². The fourth-order valence-electron chi connectivity index (χ4n) is 1.69. The zero-order valence-electron chi connectivity index (χ0n) is 8.39. The Balaban J connectivity index is 2.34. The minimum atomic E-state index is -0.829. The van der Waals surface area contributed by atoms with Crippen LogP contribution in [0.25, 0.3) is 0 Å². The molecule has 0 saturated carbocycles. The van der Waals surface area contributed by atoms with Crippen molar-refractivity contribution in [3.8, 4) is 0 Å². The van der Waals surface area contributed by atoms with Crippen LogP contribution >= 0.6 is 11.6 Å². The normalized spacial score (nSPS) is 16.5. The number of fused-ring (bicyclic) bond motifs is 1. The van der Waals surface area contributed by atoms with E-state index in [0.29, 0.717) is 11.3 Å². The lowest BCUT2D eigenvalue weighted by Gasteiger charge is -2.18. The smallest absolute Gasteiger partial charge is 0.299 e. The van der Waals surface area contributed by atoms with E-state index in [0.717, 1.165) is 0 Å². The van der Waals surface area contributed by atoms with Crippen molar-refractivity contribution < 1.29 is 14.7 Å². The van der Waals surface area contributed by atoms with E-state index in [-0.39, 0.29) is 12.4 Å². The molecular weight excluding hydrogens is 230 g/mol. The first-order valence-electron chi connectivity index (χ1n) is 4.84. The fraction of sp³-hybridized carbons (Fsp3) is 0.273. The van der Waals surface area contributed by atoms with Gasteiger partial charge in [-0.25, -0.2) is 0 Å².